The number of hydrazine groups is 1. The van der Waals surface area contributed by atoms with E-state index in [1.54, 1.807) is 0 Å². The Balaban J connectivity index is 1.52. The summed E-state index contributed by atoms with van der Waals surface area (Å²) in [7, 11) is 0. The predicted molar refractivity (Wildman–Crippen MR) is 110 cm³/mol. The lowest BCUT2D eigenvalue weighted by Gasteiger charge is -2.11. The van der Waals surface area contributed by atoms with Crippen LogP contribution in [0.1, 0.15) is 16.8 Å². The molecule has 0 saturated heterocycles. The summed E-state index contributed by atoms with van der Waals surface area (Å²) in [6, 6.07) is 18.9. The third-order valence-electron chi connectivity index (χ3n) is 4.08. The van der Waals surface area contributed by atoms with Crippen LogP contribution in [0.15, 0.2) is 79.0 Å². The molecule has 0 fully saturated rings. The Kier molecular flexibility index (Phi) is 5.84. The van der Waals surface area contributed by atoms with Gasteiger partial charge in [-0.05, 0) is 29.0 Å². The number of anilines is 1. The lowest BCUT2D eigenvalue weighted by molar-refractivity contribution is -0.384. The Morgan fingerprint density at radius 1 is 0.931 bits per heavy atom. The van der Waals surface area contributed by atoms with E-state index in [0.717, 1.165) is 22.5 Å². The van der Waals surface area contributed by atoms with Gasteiger partial charge in [0.15, 0.2) is 0 Å². The highest BCUT2D eigenvalue weighted by Crippen LogP contribution is 2.20. The maximum Gasteiger partial charge on any atom is 0.270 e. The number of hydrogen-bond donors (Lipinski definition) is 3. The molecule has 2 amide bonds. The number of carbonyl (C=O) groups excluding carboxylic acids is 2. The summed E-state index contributed by atoms with van der Waals surface area (Å²) >= 11 is 0. The van der Waals surface area contributed by atoms with Crippen LogP contribution in [0.3, 0.4) is 0 Å². The summed E-state index contributed by atoms with van der Waals surface area (Å²) in [5.74, 6) is -1.14. The van der Waals surface area contributed by atoms with Crippen LogP contribution in [0, 0.1) is 10.1 Å². The number of nitrogens with zero attached hydrogens (tertiary/aromatic N) is 1. The van der Waals surface area contributed by atoms with E-state index in [1.807, 2.05) is 42.5 Å². The van der Waals surface area contributed by atoms with Crippen molar-refractivity contribution in [2.75, 3.05) is 5.32 Å². The van der Waals surface area contributed by atoms with Gasteiger partial charge in [0.25, 0.3) is 11.6 Å². The smallest absolute Gasteiger partial charge is 0.270 e. The van der Waals surface area contributed by atoms with Crippen LogP contribution in [0.25, 0.3) is 10.8 Å². The van der Waals surface area contributed by atoms with Crippen LogP contribution in [0.2, 0.25) is 0 Å². The van der Waals surface area contributed by atoms with Gasteiger partial charge in [-0.3, -0.25) is 30.6 Å². The van der Waals surface area contributed by atoms with E-state index in [4.69, 9.17) is 0 Å². The fourth-order valence-corrected chi connectivity index (χ4v) is 2.71. The van der Waals surface area contributed by atoms with Gasteiger partial charge in [-0.25, -0.2) is 0 Å². The molecule has 0 aliphatic carbocycles. The van der Waals surface area contributed by atoms with Gasteiger partial charge in [-0.2, -0.15) is 0 Å². The molecule has 0 heterocycles. The molecule has 0 aliphatic heterocycles. The summed E-state index contributed by atoms with van der Waals surface area (Å²) < 4.78 is 0. The second kappa shape index (κ2) is 8.66. The van der Waals surface area contributed by atoms with E-state index >= 15 is 0 Å². The van der Waals surface area contributed by atoms with Crippen molar-refractivity contribution < 1.29 is 14.5 Å². The molecule has 3 N–H and O–H groups in total. The quantitative estimate of drug-likeness (QED) is 0.440. The van der Waals surface area contributed by atoms with Crippen LogP contribution in [-0.4, -0.2) is 16.7 Å². The number of hydrogen-bond acceptors (Lipinski definition) is 5. The van der Waals surface area contributed by atoms with Crippen molar-refractivity contribution >= 4 is 34.0 Å². The van der Waals surface area contributed by atoms with Crippen LogP contribution in [0.5, 0.6) is 0 Å². The second-order valence-electron chi connectivity index (χ2n) is 6.28. The molecule has 8 heteroatoms. The number of non-ortho nitro benzene ring substituents is 1. The summed E-state index contributed by atoms with van der Waals surface area (Å²) in [6.45, 7) is 3.83. The maximum atomic E-state index is 12.0. The van der Waals surface area contributed by atoms with E-state index in [1.165, 1.54) is 18.2 Å². The summed E-state index contributed by atoms with van der Waals surface area (Å²) in [4.78, 5) is 34.2. The first-order valence-corrected chi connectivity index (χ1v) is 8.69. The van der Waals surface area contributed by atoms with Gasteiger partial charge in [-0.15, -0.1) is 0 Å². The van der Waals surface area contributed by atoms with E-state index in [2.05, 4.69) is 22.7 Å². The molecule has 0 radical (unpaired) electrons. The zero-order chi connectivity index (χ0) is 20.8. The lowest BCUT2D eigenvalue weighted by Crippen LogP contribution is -2.41. The molecule has 3 rings (SSSR count). The van der Waals surface area contributed by atoms with Gasteiger partial charge in [0.05, 0.1) is 11.3 Å². The molecule has 0 atom stereocenters. The average molecular weight is 390 g/mol. The zero-order valence-electron chi connectivity index (χ0n) is 15.3. The van der Waals surface area contributed by atoms with Crippen molar-refractivity contribution in [2.45, 2.75) is 6.42 Å². The predicted octanol–water partition coefficient (Wildman–Crippen LogP) is 3.52. The van der Waals surface area contributed by atoms with Crippen LogP contribution < -0.4 is 16.2 Å². The van der Waals surface area contributed by atoms with E-state index in [9.17, 15) is 19.7 Å². The van der Waals surface area contributed by atoms with Gasteiger partial charge in [0.1, 0.15) is 0 Å². The second-order valence-corrected chi connectivity index (χ2v) is 6.28. The van der Waals surface area contributed by atoms with Gasteiger partial charge in [0.2, 0.25) is 5.91 Å². The first-order chi connectivity index (χ1) is 13.9. The fraction of sp³-hybridized carbons (Fsp3) is 0.0476. The number of fused-ring (bicyclic) bond motifs is 1. The fourth-order valence-electron chi connectivity index (χ4n) is 2.71. The molecule has 0 aromatic heterocycles. The monoisotopic (exact) mass is 390 g/mol. The Bertz CT molecular complexity index is 1110. The molecule has 3 aromatic carbocycles. The highest BCUT2D eigenvalue weighted by molar-refractivity contribution is 5.96. The van der Waals surface area contributed by atoms with Crippen molar-refractivity contribution in [2.24, 2.45) is 0 Å². The first-order valence-electron chi connectivity index (χ1n) is 8.69. The Labute approximate surface area is 166 Å². The SMILES string of the molecule is C=C(CC(=O)NNC(=O)c1cccc([N+](=O)[O-])c1)Nc1ccc2ccccc2c1. The van der Waals surface area contributed by atoms with Crippen molar-refractivity contribution in [3.8, 4) is 0 Å². The highest BCUT2D eigenvalue weighted by Gasteiger charge is 2.12. The molecular weight excluding hydrogens is 372 g/mol. The standard InChI is InChI=1S/C21H18N4O4/c1-14(22-18-10-9-15-5-2-3-6-16(15)12-18)11-20(26)23-24-21(27)17-7-4-8-19(13-17)25(28)29/h2-10,12-13,22H,1,11H2,(H,23,26)(H,24,27). The van der Waals surface area contributed by atoms with Crippen LogP contribution in [-0.2, 0) is 4.79 Å². The number of nitro benzene ring substituents is 1. The number of rotatable bonds is 6. The average Bonchev–Trinajstić information content (AvgIpc) is 2.72. The molecular formula is C21H18N4O4. The number of nitro groups is 1. The number of benzene rings is 3. The van der Waals surface area contributed by atoms with Gasteiger partial charge >= 0.3 is 0 Å². The van der Waals surface area contributed by atoms with Gasteiger partial charge < -0.3 is 5.32 Å². The summed E-state index contributed by atoms with van der Waals surface area (Å²) in [5, 5.41) is 16.0. The zero-order valence-corrected chi connectivity index (χ0v) is 15.3. The Morgan fingerprint density at radius 3 is 2.45 bits per heavy atom. The van der Waals surface area contributed by atoms with Crippen molar-refractivity contribution in [3.63, 3.8) is 0 Å². The third kappa shape index (κ3) is 5.16. The Morgan fingerprint density at radius 2 is 1.69 bits per heavy atom. The molecule has 0 saturated carbocycles. The van der Waals surface area contributed by atoms with Crippen molar-refractivity contribution in [1.82, 2.24) is 10.9 Å². The van der Waals surface area contributed by atoms with Crippen LogP contribution in [0.4, 0.5) is 11.4 Å². The largest absolute Gasteiger partial charge is 0.359 e. The Hall–Kier alpha value is -4.20. The molecule has 0 aliphatic rings. The molecule has 8 nitrogen and oxygen atoms in total. The van der Waals surface area contributed by atoms with E-state index < -0.39 is 16.7 Å². The minimum absolute atomic E-state index is 0.0626. The summed E-state index contributed by atoms with van der Waals surface area (Å²) in [6.07, 6.45) is -0.0674. The van der Waals surface area contributed by atoms with Gasteiger partial charge in [0, 0.05) is 29.1 Å². The van der Waals surface area contributed by atoms with Crippen LogP contribution >= 0.6 is 0 Å². The number of carbonyl (C=O) groups is 2. The maximum absolute atomic E-state index is 12.0. The number of nitrogens with one attached hydrogen (secondary N) is 3. The minimum atomic E-state index is -0.657. The number of amides is 2. The van der Waals surface area contributed by atoms with E-state index in [-0.39, 0.29) is 17.7 Å². The molecule has 3 aromatic rings. The van der Waals surface area contributed by atoms with E-state index in [0.29, 0.717) is 5.70 Å². The minimum Gasteiger partial charge on any atom is -0.359 e. The molecule has 0 spiro atoms. The topological polar surface area (TPSA) is 113 Å². The van der Waals surface area contributed by atoms with Crippen molar-refractivity contribution in [1.29, 1.82) is 0 Å². The molecule has 0 unspecified atom stereocenters. The normalized spacial score (nSPS) is 10.2. The van der Waals surface area contributed by atoms with Gasteiger partial charge in [-0.1, -0.05) is 43.0 Å². The lowest BCUT2D eigenvalue weighted by atomic mass is 10.1. The molecule has 146 valence electrons. The highest BCUT2D eigenvalue weighted by atomic mass is 16.6. The molecule has 0 bridgehead atoms. The van der Waals surface area contributed by atoms with Crippen molar-refractivity contribution in [3.05, 3.63) is 94.7 Å². The third-order valence-corrected chi connectivity index (χ3v) is 4.08. The molecule has 29 heavy (non-hydrogen) atoms. The summed E-state index contributed by atoms with van der Waals surface area (Å²) in [5.41, 5.74) is 5.59. The first kappa shape index (κ1) is 19.6.